The average molecular weight is 184 g/mol. The Balaban J connectivity index is 2.27. The standard InChI is InChI=1S/C8H16N4O/c1-2-3-10-8(9)12-6-4-7(13)11-5-6/h6H,2-5H2,1H3,(H,11,13)(H3,9,10,12). The molecule has 0 aliphatic carbocycles. The second kappa shape index (κ2) is 4.69. The molecule has 1 unspecified atom stereocenters. The fourth-order valence-corrected chi connectivity index (χ4v) is 1.19. The summed E-state index contributed by atoms with van der Waals surface area (Å²) in [7, 11) is 0. The smallest absolute Gasteiger partial charge is 0.222 e. The van der Waals surface area contributed by atoms with Gasteiger partial charge in [-0.05, 0) is 6.42 Å². The normalized spacial score (nSPS) is 23.0. The molecule has 0 saturated carbocycles. The average Bonchev–Trinajstić information content (AvgIpc) is 2.48. The van der Waals surface area contributed by atoms with Crippen LogP contribution in [-0.4, -0.2) is 31.0 Å². The van der Waals surface area contributed by atoms with E-state index < -0.39 is 0 Å². The van der Waals surface area contributed by atoms with Crippen molar-refractivity contribution in [1.82, 2.24) is 10.6 Å². The number of aliphatic imine (C=N–C) groups is 1. The van der Waals surface area contributed by atoms with E-state index in [1.807, 2.05) is 6.92 Å². The zero-order valence-corrected chi connectivity index (χ0v) is 7.84. The zero-order chi connectivity index (χ0) is 9.68. The highest BCUT2D eigenvalue weighted by molar-refractivity contribution is 5.82. The van der Waals surface area contributed by atoms with Crippen LogP contribution in [0, 0.1) is 0 Å². The molecule has 0 aromatic carbocycles. The molecule has 0 radical (unpaired) electrons. The maximum absolute atomic E-state index is 10.8. The van der Waals surface area contributed by atoms with Gasteiger partial charge < -0.3 is 16.4 Å². The van der Waals surface area contributed by atoms with E-state index in [1.54, 1.807) is 0 Å². The summed E-state index contributed by atoms with van der Waals surface area (Å²) in [6, 6.07) is 0.105. The van der Waals surface area contributed by atoms with E-state index >= 15 is 0 Å². The largest absolute Gasteiger partial charge is 0.370 e. The van der Waals surface area contributed by atoms with Crippen molar-refractivity contribution in [2.45, 2.75) is 25.8 Å². The van der Waals surface area contributed by atoms with Gasteiger partial charge in [0, 0.05) is 19.5 Å². The minimum absolute atomic E-state index is 0.0702. The fraction of sp³-hybridized carbons (Fsp3) is 0.750. The monoisotopic (exact) mass is 184 g/mol. The fourth-order valence-electron chi connectivity index (χ4n) is 1.19. The first-order chi connectivity index (χ1) is 6.22. The molecular weight excluding hydrogens is 168 g/mol. The van der Waals surface area contributed by atoms with Crippen molar-refractivity contribution in [2.75, 3.05) is 13.1 Å². The Labute approximate surface area is 77.8 Å². The highest BCUT2D eigenvalue weighted by Crippen LogP contribution is 1.97. The topological polar surface area (TPSA) is 79.5 Å². The Morgan fingerprint density at radius 3 is 3.15 bits per heavy atom. The molecule has 1 atom stereocenters. The quantitative estimate of drug-likeness (QED) is 0.396. The summed E-state index contributed by atoms with van der Waals surface area (Å²) in [6.45, 7) is 3.41. The summed E-state index contributed by atoms with van der Waals surface area (Å²) >= 11 is 0. The van der Waals surface area contributed by atoms with E-state index in [9.17, 15) is 4.79 Å². The van der Waals surface area contributed by atoms with Gasteiger partial charge in [-0.25, -0.2) is 0 Å². The molecule has 1 fully saturated rings. The number of amides is 1. The lowest BCUT2D eigenvalue weighted by Crippen LogP contribution is -2.41. The molecule has 0 spiro atoms. The van der Waals surface area contributed by atoms with Crippen LogP contribution >= 0.6 is 0 Å². The number of guanidine groups is 1. The summed E-state index contributed by atoms with van der Waals surface area (Å²) in [6.07, 6.45) is 1.46. The number of nitrogens with zero attached hydrogens (tertiary/aromatic N) is 1. The molecule has 5 heteroatoms. The maximum Gasteiger partial charge on any atom is 0.222 e. The molecule has 5 nitrogen and oxygen atoms in total. The molecule has 1 aliphatic rings. The number of nitrogens with one attached hydrogen (secondary N) is 2. The number of carbonyl (C=O) groups excluding carboxylic acids is 1. The van der Waals surface area contributed by atoms with Crippen molar-refractivity contribution in [3.63, 3.8) is 0 Å². The predicted octanol–water partition coefficient (Wildman–Crippen LogP) is -0.811. The van der Waals surface area contributed by atoms with Crippen molar-refractivity contribution in [1.29, 1.82) is 0 Å². The lowest BCUT2D eigenvalue weighted by molar-refractivity contribution is -0.119. The van der Waals surface area contributed by atoms with E-state index in [4.69, 9.17) is 5.73 Å². The number of rotatable bonds is 3. The van der Waals surface area contributed by atoms with Crippen LogP contribution in [0.4, 0.5) is 0 Å². The zero-order valence-electron chi connectivity index (χ0n) is 7.84. The van der Waals surface area contributed by atoms with E-state index in [0.717, 1.165) is 13.0 Å². The molecular formula is C8H16N4O. The lowest BCUT2D eigenvalue weighted by atomic mass is 10.3. The number of hydrogen-bond acceptors (Lipinski definition) is 2. The lowest BCUT2D eigenvalue weighted by Gasteiger charge is -2.10. The van der Waals surface area contributed by atoms with Gasteiger partial charge >= 0.3 is 0 Å². The van der Waals surface area contributed by atoms with Gasteiger partial charge in [-0.15, -0.1) is 0 Å². The van der Waals surface area contributed by atoms with E-state index in [2.05, 4.69) is 15.6 Å². The Bertz CT molecular complexity index is 214. The molecule has 1 amide bonds. The number of carbonyl (C=O) groups is 1. The summed E-state index contributed by atoms with van der Waals surface area (Å²) in [5.41, 5.74) is 5.58. The van der Waals surface area contributed by atoms with E-state index in [-0.39, 0.29) is 11.9 Å². The Morgan fingerprint density at radius 1 is 1.85 bits per heavy atom. The van der Waals surface area contributed by atoms with Crippen molar-refractivity contribution in [3.8, 4) is 0 Å². The van der Waals surface area contributed by atoms with Crippen LogP contribution in [0.25, 0.3) is 0 Å². The van der Waals surface area contributed by atoms with Crippen molar-refractivity contribution in [2.24, 2.45) is 10.7 Å². The van der Waals surface area contributed by atoms with Gasteiger partial charge in [0.1, 0.15) is 0 Å². The van der Waals surface area contributed by atoms with Crippen LogP contribution in [0.15, 0.2) is 4.99 Å². The molecule has 4 N–H and O–H groups in total. The summed E-state index contributed by atoms with van der Waals surface area (Å²) in [5, 5.41) is 5.71. The molecule has 1 rings (SSSR count). The van der Waals surface area contributed by atoms with Crippen molar-refractivity contribution >= 4 is 11.9 Å². The van der Waals surface area contributed by atoms with Gasteiger partial charge in [-0.2, -0.15) is 0 Å². The first-order valence-electron chi connectivity index (χ1n) is 4.55. The third-order valence-corrected chi connectivity index (χ3v) is 1.84. The van der Waals surface area contributed by atoms with Gasteiger partial charge in [0.2, 0.25) is 5.91 Å². The maximum atomic E-state index is 10.8. The third-order valence-electron chi connectivity index (χ3n) is 1.84. The van der Waals surface area contributed by atoms with Gasteiger partial charge in [0.05, 0.1) is 6.04 Å². The van der Waals surface area contributed by atoms with Crippen LogP contribution in [0.5, 0.6) is 0 Å². The van der Waals surface area contributed by atoms with Crippen LogP contribution < -0.4 is 16.4 Å². The molecule has 0 aromatic rings. The van der Waals surface area contributed by atoms with Gasteiger partial charge in [0.15, 0.2) is 5.96 Å². The first-order valence-corrected chi connectivity index (χ1v) is 4.55. The predicted molar refractivity (Wildman–Crippen MR) is 51.3 cm³/mol. The van der Waals surface area contributed by atoms with Gasteiger partial charge in [-0.3, -0.25) is 9.79 Å². The van der Waals surface area contributed by atoms with Gasteiger partial charge in [0.25, 0.3) is 0 Å². The second-order valence-electron chi connectivity index (χ2n) is 3.12. The number of hydrogen-bond donors (Lipinski definition) is 3. The summed E-state index contributed by atoms with van der Waals surface area (Å²) in [4.78, 5) is 14.9. The molecule has 1 saturated heterocycles. The van der Waals surface area contributed by atoms with E-state index in [0.29, 0.717) is 18.9 Å². The molecule has 1 aliphatic heterocycles. The SMILES string of the molecule is CCCN=C(N)NC1CNC(=O)C1. The molecule has 0 aromatic heterocycles. The number of nitrogens with two attached hydrogens (primary N) is 1. The van der Waals surface area contributed by atoms with Gasteiger partial charge in [-0.1, -0.05) is 6.92 Å². The molecule has 74 valence electrons. The Kier molecular flexibility index (Phi) is 3.54. The Morgan fingerprint density at radius 2 is 2.62 bits per heavy atom. The second-order valence-corrected chi connectivity index (χ2v) is 3.12. The summed E-state index contributed by atoms with van der Waals surface area (Å²) < 4.78 is 0. The van der Waals surface area contributed by atoms with E-state index in [1.165, 1.54) is 0 Å². The van der Waals surface area contributed by atoms with Crippen LogP contribution in [-0.2, 0) is 4.79 Å². The van der Waals surface area contributed by atoms with Crippen molar-refractivity contribution < 1.29 is 4.79 Å². The van der Waals surface area contributed by atoms with Crippen LogP contribution in [0.1, 0.15) is 19.8 Å². The van der Waals surface area contributed by atoms with Crippen LogP contribution in [0.2, 0.25) is 0 Å². The highest BCUT2D eigenvalue weighted by Gasteiger charge is 2.21. The Hall–Kier alpha value is -1.26. The van der Waals surface area contributed by atoms with Crippen molar-refractivity contribution in [3.05, 3.63) is 0 Å². The summed E-state index contributed by atoms with van der Waals surface area (Å²) in [5.74, 6) is 0.504. The highest BCUT2D eigenvalue weighted by atomic mass is 16.1. The third kappa shape index (κ3) is 3.31. The minimum Gasteiger partial charge on any atom is -0.370 e. The molecule has 13 heavy (non-hydrogen) atoms. The molecule has 0 bridgehead atoms. The van der Waals surface area contributed by atoms with Crippen LogP contribution in [0.3, 0.4) is 0 Å². The molecule has 1 heterocycles. The minimum atomic E-state index is 0.0702. The first kappa shape index (κ1) is 9.83.